The molecule has 0 aliphatic rings. The topological polar surface area (TPSA) is 26.2 Å². The first kappa shape index (κ1) is 15.6. The Morgan fingerprint density at radius 3 is 2.62 bits per heavy atom. The maximum absolute atomic E-state index is 5.42. The van der Waals surface area contributed by atoms with Gasteiger partial charge in [0, 0.05) is 24.0 Å². The molecule has 1 aromatic heterocycles. The van der Waals surface area contributed by atoms with Gasteiger partial charge in [-0.1, -0.05) is 39.0 Å². The monoisotopic (exact) mass is 286 g/mol. The lowest BCUT2D eigenvalue weighted by atomic mass is 9.98. The van der Waals surface area contributed by atoms with E-state index < -0.39 is 0 Å². The minimum Gasteiger partial charge on any atom is -0.496 e. The second-order valence-electron chi connectivity index (χ2n) is 5.71. The number of para-hydroxylation sites is 1. The summed E-state index contributed by atoms with van der Waals surface area (Å²) in [6, 6.07) is 10.8. The third kappa shape index (κ3) is 3.88. The summed E-state index contributed by atoms with van der Waals surface area (Å²) in [4.78, 5) is 0. The minimum absolute atomic E-state index is 0.411. The van der Waals surface area contributed by atoms with Crippen molar-refractivity contribution in [2.24, 2.45) is 5.92 Å². The van der Waals surface area contributed by atoms with E-state index in [-0.39, 0.29) is 0 Å². The van der Waals surface area contributed by atoms with Crippen LogP contribution in [0.1, 0.15) is 37.9 Å². The summed E-state index contributed by atoms with van der Waals surface area (Å²) in [5.41, 5.74) is 2.55. The molecule has 0 aliphatic carbocycles. The van der Waals surface area contributed by atoms with Crippen LogP contribution < -0.4 is 10.1 Å². The fourth-order valence-electron chi connectivity index (χ4n) is 2.73. The van der Waals surface area contributed by atoms with Gasteiger partial charge in [-0.3, -0.25) is 0 Å². The molecule has 1 aromatic carbocycles. The predicted molar refractivity (Wildman–Crippen MR) is 87.8 cm³/mol. The largest absolute Gasteiger partial charge is 0.496 e. The van der Waals surface area contributed by atoms with Gasteiger partial charge >= 0.3 is 0 Å². The van der Waals surface area contributed by atoms with Gasteiger partial charge in [-0.2, -0.15) is 0 Å². The lowest BCUT2D eigenvalue weighted by molar-refractivity contribution is 0.408. The highest BCUT2D eigenvalue weighted by molar-refractivity contribution is 5.33. The van der Waals surface area contributed by atoms with E-state index in [1.165, 1.54) is 11.1 Å². The van der Waals surface area contributed by atoms with E-state index in [0.29, 0.717) is 12.0 Å². The molecule has 1 atom stereocenters. The summed E-state index contributed by atoms with van der Waals surface area (Å²) in [6.45, 7) is 8.48. The summed E-state index contributed by atoms with van der Waals surface area (Å²) < 4.78 is 7.65. The molecule has 3 nitrogen and oxygen atoms in total. The van der Waals surface area contributed by atoms with Gasteiger partial charge < -0.3 is 14.6 Å². The first-order chi connectivity index (χ1) is 10.2. The Hall–Kier alpha value is -1.74. The van der Waals surface area contributed by atoms with Crippen molar-refractivity contribution in [1.82, 2.24) is 9.88 Å². The Balaban J connectivity index is 2.16. The molecule has 0 spiro atoms. The standard InChI is InChI=1S/C18H26N2O/c1-5-19-18(14(2)3)16-10-11-20(13-16)12-15-8-6-7-9-17(15)21-4/h6-11,13-14,18-19H,5,12H2,1-4H3. The molecule has 0 radical (unpaired) electrons. The highest BCUT2D eigenvalue weighted by Crippen LogP contribution is 2.23. The third-order valence-corrected chi connectivity index (χ3v) is 3.77. The maximum atomic E-state index is 5.42. The van der Waals surface area contributed by atoms with Crippen molar-refractivity contribution in [3.8, 4) is 5.75 Å². The van der Waals surface area contributed by atoms with Crippen molar-refractivity contribution < 1.29 is 4.74 Å². The van der Waals surface area contributed by atoms with Gasteiger partial charge in [0.2, 0.25) is 0 Å². The lowest BCUT2D eigenvalue weighted by Crippen LogP contribution is -2.25. The predicted octanol–water partition coefficient (Wildman–Crippen LogP) is 3.85. The zero-order chi connectivity index (χ0) is 15.2. The van der Waals surface area contributed by atoms with Crippen LogP contribution >= 0.6 is 0 Å². The first-order valence-electron chi connectivity index (χ1n) is 7.66. The Labute approximate surface area is 127 Å². The smallest absolute Gasteiger partial charge is 0.123 e. The van der Waals surface area contributed by atoms with Crippen molar-refractivity contribution in [3.63, 3.8) is 0 Å². The summed E-state index contributed by atoms with van der Waals surface area (Å²) in [5.74, 6) is 1.52. The molecule has 21 heavy (non-hydrogen) atoms. The van der Waals surface area contributed by atoms with Crippen LogP contribution in [0, 0.1) is 5.92 Å². The number of rotatable bonds is 7. The molecule has 0 saturated carbocycles. The van der Waals surface area contributed by atoms with Crippen molar-refractivity contribution in [3.05, 3.63) is 53.9 Å². The average Bonchev–Trinajstić information content (AvgIpc) is 2.93. The number of ether oxygens (including phenoxy) is 1. The second kappa shape index (κ2) is 7.32. The summed E-state index contributed by atoms with van der Waals surface area (Å²) >= 11 is 0. The van der Waals surface area contributed by atoms with Crippen LogP contribution in [0.15, 0.2) is 42.7 Å². The average molecular weight is 286 g/mol. The number of hydrogen-bond donors (Lipinski definition) is 1. The molecule has 1 unspecified atom stereocenters. The zero-order valence-corrected chi connectivity index (χ0v) is 13.5. The summed E-state index contributed by atoms with van der Waals surface area (Å²) in [6.07, 6.45) is 4.38. The molecule has 0 amide bonds. The number of benzene rings is 1. The van der Waals surface area contributed by atoms with Gasteiger partial charge in [-0.15, -0.1) is 0 Å². The van der Waals surface area contributed by atoms with Gasteiger partial charge in [-0.25, -0.2) is 0 Å². The highest BCUT2D eigenvalue weighted by Gasteiger charge is 2.15. The fourth-order valence-corrected chi connectivity index (χ4v) is 2.73. The lowest BCUT2D eigenvalue weighted by Gasteiger charge is -2.20. The van der Waals surface area contributed by atoms with E-state index in [2.05, 4.69) is 61.2 Å². The van der Waals surface area contributed by atoms with Gasteiger partial charge in [0.05, 0.1) is 13.7 Å². The van der Waals surface area contributed by atoms with Crippen LogP contribution in [0.4, 0.5) is 0 Å². The van der Waals surface area contributed by atoms with E-state index in [1.807, 2.05) is 12.1 Å². The number of hydrogen-bond acceptors (Lipinski definition) is 2. The van der Waals surface area contributed by atoms with Crippen LogP contribution in [0.3, 0.4) is 0 Å². The normalized spacial score (nSPS) is 12.6. The van der Waals surface area contributed by atoms with E-state index in [9.17, 15) is 0 Å². The maximum Gasteiger partial charge on any atom is 0.123 e. The van der Waals surface area contributed by atoms with Crippen LogP contribution in [-0.2, 0) is 6.54 Å². The van der Waals surface area contributed by atoms with Crippen molar-refractivity contribution in [2.75, 3.05) is 13.7 Å². The van der Waals surface area contributed by atoms with Crippen molar-refractivity contribution in [2.45, 2.75) is 33.4 Å². The molecule has 0 saturated heterocycles. The molecule has 0 aliphatic heterocycles. The Kier molecular flexibility index (Phi) is 5.45. The third-order valence-electron chi connectivity index (χ3n) is 3.77. The molecule has 1 N–H and O–H groups in total. The minimum atomic E-state index is 0.411. The number of nitrogens with one attached hydrogen (secondary N) is 1. The van der Waals surface area contributed by atoms with Gasteiger partial charge in [0.15, 0.2) is 0 Å². The van der Waals surface area contributed by atoms with Crippen molar-refractivity contribution in [1.29, 1.82) is 0 Å². The van der Waals surface area contributed by atoms with Gasteiger partial charge in [0.1, 0.15) is 5.75 Å². The number of nitrogens with zero attached hydrogens (tertiary/aromatic N) is 1. The SMILES string of the molecule is CCNC(c1ccn(Cc2ccccc2OC)c1)C(C)C. The van der Waals surface area contributed by atoms with Crippen LogP contribution in [-0.4, -0.2) is 18.2 Å². The number of methoxy groups -OCH3 is 1. The molecule has 0 bridgehead atoms. The van der Waals surface area contributed by atoms with Gasteiger partial charge in [-0.05, 0) is 30.2 Å². The second-order valence-corrected chi connectivity index (χ2v) is 5.71. The molecule has 3 heteroatoms. The molecule has 2 rings (SSSR count). The molecule has 0 fully saturated rings. The summed E-state index contributed by atoms with van der Waals surface area (Å²) in [5, 5.41) is 3.56. The summed E-state index contributed by atoms with van der Waals surface area (Å²) in [7, 11) is 1.72. The Morgan fingerprint density at radius 1 is 1.19 bits per heavy atom. The molecular formula is C18H26N2O. The van der Waals surface area contributed by atoms with Crippen molar-refractivity contribution >= 4 is 0 Å². The number of aromatic nitrogens is 1. The van der Waals surface area contributed by atoms with E-state index in [0.717, 1.165) is 18.8 Å². The fraction of sp³-hybridized carbons (Fsp3) is 0.444. The first-order valence-corrected chi connectivity index (χ1v) is 7.66. The van der Waals surface area contributed by atoms with Crippen LogP contribution in [0.2, 0.25) is 0 Å². The van der Waals surface area contributed by atoms with E-state index >= 15 is 0 Å². The zero-order valence-electron chi connectivity index (χ0n) is 13.5. The highest BCUT2D eigenvalue weighted by atomic mass is 16.5. The molecule has 114 valence electrons. The van der Waals surface area contributed by atoms with E-state index in [4.69, 9.17) is 4.74 Å². The van der Waals surface area contributed by atoms with Crippen LogP contribution in [0.25, 0.3) is 0 Å². The molecular weight excluding hydrogens is 260 g/mol. The van der Waals surface area contributed by atoms with E-state index in [1.54, 1.807) is 7.11 Å². The van der Waals surface area contributed by atoms with Crippen LogP contribution in [0.5, 0.6) is 5.75 Å². The molecule has 1 heterocycles. The molecule has 2 aromatic rings. The quantitative estimate of drug-likeness (QED) is 0.836. The Morgan fingerprint density at radius 2 is 1.95 bits per heavy atom. The van der Waals surface area contributed by atoms with Gasteiger partial charge in [0.25, 0.3) is 0 Å². The Bertz CT molecular complexity index is 560.